The van der Waals surface area contributed by atoms with E-state index in [9.17, 15) is 4.79 Å². The molecule has 0 saturated carbocycles. The molecular weight excluding hydrogens is 356 g/mol. The van der Waals surface area contributed by atoms with Crippen LogP contribution in [-0.2, 0) is 4.79 Å². The molecule has 1 aliphatic rings. The average Bonchev–Trinajstić information content (AvgIpc) is 3.06. The minimum atomic E-state index is 0.153. The van der Waals surface area contributed by atoms with E-state index in [-0.39, 0.29) is 5.91 Å². The van der Waals surface area contributed by atoms with Crippen LogP contribution in [0.4, 0.5) is 5.13 Å². The lowest BCUT2D eigenvalue weighted by atomic mass is 10.1. The van der Waals surface area contributed by atoms with Gasteiger partial charge in [0.25, 0.3) is 0 Å². The molecule has 0 radical (unpaired) electrons. The van der Waals surface area contributed by atoms with E-state index in [1.807, 2.05) is 29.6 Å². The van der Waals surface area contributed by atoms with Gasteiger partial charge in [-0.3, -0.25) is 9.69 Å². The lowest BCUT2D eigenvalue weighted by molar-refractivity contribution is -0.117. The van der Waals surface area contributed by atoms with Gasteiger partial charge in [-0.1, -0.05) is 28.1 Å². The standard InChI is InChI=1S/C14H13BrN2OS2/c15-11-3-1-10(2-4-11)12-8-20-14(16-12)17-6-9(7-19)5-13(17)18/h1-4,8-9,19H,5-7H2. The number of halogens is 1. The molecule has 1 saturated heterocycles. The highest BCUT2D eigenvalue weighted by atomic mass is 79.9. The number of thiazole rings is 1. The quantitative estimate of drug-likeness (QED) is 0.834. The number of hydrogen-bond donors (Lipinski definition) is 1. The van der Waals surface area contributed by atoms with Crippen LogP contribution in [0.15, 0.2) is 34.1 Å². The summed E-state index contributed by atoms with van der Waals surface area (Å²) in [4.78, 5) is 18.4. The van der Waals surface area contributed by atoms with Crippen molar-refractivity contribution in [1.82, 2.24) is 4.98 Å². The van der Waals surface area contributed by atoms with E-state index in [0.717, 1.165) is 33.2 Å². The van der Waals surface area contributed by atoms with Crippen LogP contribution in [0.1, 0.15) is 6.42 Å². The maximum atomic E-state index is 12.0. The van der Waals surface area contributed by atoms with Gasteiger partial charge in [-0.05, 0) is 23.8 Å². The van der Waals surface area contributed by atoms with E-state index in [1.165, 1.54) is 11.3 Å². The third-order valence-electron chi connectivity index (χ3n) is 3.33. The van der Waals surface area contributed by atoms with Crippen molar-refractivity contribution in [3.8, 4) is 11.3 Å². The zero-order valence-electron chi connectivity index (χ0n) is 10.6. The van der Waals surface area contributed by atoms with Crippen molar-refractivity contribution in [3.63, 3.8) is 0 Å². The summed E-state index contributed by atoms with van der Waals surface area (Å²) in [6.07, 6.45) is 0.580. The van der Waals surface area contributed by atoms with Gasteiger partial charge in [-0.15, -0.1) is 11.3 Å². The van der Waals surface area contributed by atoms with Crippen LogP contribution in [0, 0.1) is 5.92 Å². The molecule has 1 unspecified atom stereocenters. The Morgan fingerprint density at radius 1 is 1.40 bits per heavy atom. The van der Waals surface area contributed by atoms with Gasteiger partial charge in [0.05, 0.1) is 5.69 Å². The third-order valence-corrected chi connectivity index (χ3v) is 5.23. The second kappa shape index (κ2) is 5.87. The van der Waals surface area contributed by atoms with Crippen molar-refractivity contribution in [1.29, 1.82) is 0 Å². The Kier molecular flexibility index (Phi) is 4.14. The van der Waals surface area contributed by atoms with Crippen LogP contribution < -0.4 is 4.90 Å². The van der Waals surface area contributed by atoms with E-state index in [1.54, 1.807) is 4.90 Å². The Balaban J connectivity index is 1.83. The summed E-state index contributed by atoms with van der Waals surface area (Å²) < 4.78 is 1.04. The van der Waals surface area contributed by atoms with Gasteiger partial charge < -0.3 is 0 Å². The SMILES string of the molecule is O=C1CC(CS)CN1c1nc(-c2ccc(Br)cc2)cs1. The Hall–Kier alpha value is -0.850. The molecule has 1 atom stereocenters. The van der Waals surface area contributed by atoms with E-state index >= 15 is 0 Å². The molecule has 1 amide bonds. The highest BCUT2D eigenvalue weighted by Crippen LogP contribution is 2.32. The number of nitrogens with zero attached hydrogens (tertiary/aromatic N) is 2. The molecule has 1 aliphatic heterocycles. The highest BCUT2D eigenvalue weighted by Gasteiger charge is 2.31. The van der Waals surface area contributed by atoms with Gasteiger partial charge in [0.15, 0.2) is 5.13 Å². The fourth-order valence-electron chi connectivity index (χ4n) is 2.23. The monoisotopic (exact) mass is 368 g/mol. The predicted octanol–water partition coefficient (Wildman–Crippen LogP) is 3.86. The number of benzene rings is 1. The zero-order chi connectivity index (χ0) is 14.1. The lowest BCUT2D eigenvalue weighted by Gasteiger charge is -2.11. The van der Waals surface area contributed by atoms with E-state index in [4.69, 9.17) is 0 Å². The molecular formula is C14H13BrN2OS2. The Morgan fingerprint density at radius 2 is 2.15 bits per heavy atom. The van der Waals surface area contributed by atoms with Gasteiger partial charge in [0, 0.05) is 28.4 Å². The summed E-state index contributed by atoms with van der Waals surface area (Å²) in [6.45, 7) is 0.732. The summed E-state index contributed by atoms with van der Waals surface area (Å²) in [5, 5.41) is 2.79. The molecule has 0 aliphatic carbocycles. The molecule has 0 spiro atoms. The number of thiol groups is 1. The van der Waals surface area contributed by atoms with Gasteiger partial charge in [-0.2, -0.15) is 12.6 Å². The first-order valence-electron chi connectivity index (χ1n) is 6.30. The van der Waals surface area contributed by atoms with E-state index < -0.39 is 0 Å². The molecule has 1 fully saturated rings. The van der Waals surface area contributed by atoms with Gasteiger partial charge in [0.1, 0.15) is 0 Å². The fourth-order valence-corrected chi connectivity index (χ4v) is 3.60. The zero-order valence-corrected chi connectivity index (χ0v) is 13.9. The van der Waals surface area contributed by atoms with Crippen LogP contribution in [0.25, 0.3) is 11.3 Å². The second-order valence-electron chi connectivity index (χ2n) is 4.78. The number of aromatic nitrogens is 1. The summed E-state index contributed by atoms with van der Waals surface area (Å²) in [6, 6.07) is 8.02. The predicted molar refractivity (Wildman–Crippen MR) is 89.6 cm³/mol. The first kappa shape index (κ1) is 14.1. The largest absolute Gasteiger partial charge is 0.288 e. The minimum absolute atomic E-state index is 0.153. The average molecular weight is 369 g/mol. The number of rotatable bonds is 3. The van der Waals surface area contributed by atoms with Crippen LogP contribution in [0.2, 0.25) is 0 Å². The van der Waals surface area contributed by atoms with Crippen molar-refractivity contribution < 1.29 is 4.79 Å². The molecule has 1 aromatic carbocycles. The normalized spacial score (nSPS) is 18.8. The number of hydrogen-bond acceptors (Lipinski definition) is 4. The minimum Gasteiger partial charge on any atom is -0.288 e. The number of carbonyl (C=O) groups excluding carboxylic acids is 1. The maximum absolute atomic E-state index is 12.0. The van der Waals surface area contributed by atoms with Crippen molar-refractivity contribution in [2.75, 3.05) is 17.2 Å². The maximum Gasteiger partial charge on any atom is 0.229 e. The van der Waals surface area contributed by atoms with Gasteiger partial charge >= 0.3 is 0 Å². The van der Waals surface area contributed by atoms with Crippen molar-refractivity contribution in [3.05, 3.63) is 34.1 Å². The molecule has 2 aromatic rings. The smallest absolute Gasteiger partial charge is 0.229 e. The van der Waals surface area contributed by atoms with E-state index in [2.05, 4.69) is 33.5 Å². The molecule has 3 nitrogen and oxygen atoms in total. The van der Waals surface area contributed by atoms with Crippen LogP contribution in [0.3, 0.4) is 0 Å². The first-order valence-corrected chi connectivity index (χ1v) is 8.60. The van der Waals surface area contributed by atoms with Crippen LogP contribution in [-0.4, -0.2) is 23.2 Å². The number of anilines is 1. The van der Waals surface area contributed by atoms with Crippen molar-refractivity contribution in [2.45, 2.75) is 6.42 Å². The highest BCUT2D eigenvalue weighted by molar-refractivity contribution is 9.10. The molecule has 3 rings (SSSR count). The third kappa shape index (κ3) is 2.77. The topological polar surface area (TPSA) is 33.2 Å². The summed E-state index contributed by atoms with van der Waals surface area (Å²) in [7, 11) is 0. The van der Waals surface area contributed by atoms with Gasteiger partial charge in [-0.25, -0.2) is 4.98 Å². The molecule has 20 heavy (non-hydrogen) atoms. The Labute approximate surface area is 135 Å². The summed E-state index contributed by atoms with van der Waals surface area (Å²) >= 11 is 9.22. The van der Waals surface area contributed by atoms with Crippen molar-refractivity contribution >= 4 is 50.9 Å². The molecule has 0 N–H and O–H groups in total. The van der Waals surface area contributed by atoms with Crippen LogP contribution in [0.5, 0.6) is 0 Å². The number of amides is 1. The molecule has 6 heteroatoms. The molecule has 2 heterocycles. The Morgan fingerprint density at radius 3 is 2.80 bits per heavy atom. The molecule has 0 bridgehead atoms. The van der Waals surface area contributed by atoms with Gasteiger partial charge in [0.2, 0.25) is 5.91 Å². The molecule has 1 aromatic heterocycles. The molecule has 104 valence electrons. The fraction of sp³-hybridized carbons (Fsp3) is 0.286. The second-order valence-corrected chi connectivity index (χ2v) is 6.90. The lowest BCUT2D eigenvalue weighted by Crippen LogP contribution is -2.24. The number of carbonyl (C=O) groups is 1. The van der Waals surface area contributed by atoms with Crippen LogP contribution >= 0.6 is 39.9 Å². The van der Waals surface area contributed by atoms with E-state index in [0.29, 0.717) is 12.3 Å². The Bertz CT molecular complexity index is 626. The van der Waals surface area contributed by atoms with Crippen molar-refractivity contribution in [2.24, 2.45) is 5.92 Å². The summed E-state index contributed by atoms with van der Waals surface area (Å²) in [5.74, 6) is 1.24. The first-order chi connectivity index (χ1) is 9.67. The summed E-state index contributed by atoms with van der Waals surface area (Å²) in [5.41, 5.74) is 1.98.